The molecule has 0 spiro atoms. The van der Waals surface area contributed by atoms with Crippen molar-refractivity contribution in [3.8, 4) is 0 Å². The number of fused-ring (bicyclic) bond motifs is 12. The van der Waals surface area contributed by atoms with Crippen LogP contribution in [0.1, 0.15) is 103 Å². The van der Waals surface area contributed by atoms with E-state index in [-0.39, 0.29) is 17.8 Å². The summed E-state index contributed by atoms with van der Waals surface area (Å²) in [5, 5.41) is 0. The van der Waals surface area contributed by atoms with Gasteiger partial charge < -0.3 is 0 Å². The van der Waals surface area contributed by atoms with Crippen molar-refractivity contribution in [2.75, 3.05) is 0 Å². The first-order valence-electron chi connectivity index (χ1n) is 21.8. The number of rotatable bonds is 0. The van der Waals surface area contributed by atoms with E-state index in [1.807, 2.05) is 0 Å². The summed E-state index contributed by atoms with van der Waals surface area (Å²) >= 11 is 0. The number of aromatic nitrogens is 6. The van der Waals surface area contributed by atoms with Gasteiger partial charge in [0.05, 0.1) is 67.3 Å². The van der Waals surface area contributed by atoms with Gasteiger partial charge in [-0.25, -0.2) is 29.9 Å². The predicted molar refractivity (Wildman–Crippen MR) is 237 cm³/mol. The Morgan fingerprint density at radius 3 is 1.18 bits per heavy atom. The van der Waals surface area contributed by atoms with E-state index in [0.717, 1.165) is 119 Å². The molecule has 284 valence electrons. The Morgan fingerprint density at radius 1 is 0.350 bits per heavy atom. The number of nitrogens with zero attached hydrogens (tertiary/aromatic N) is 6. The fraction of sp³-hybridized carbons (Fsp3) is 0.222. The molecule has 6 aromatic rings. The van der Waals surface area contributed by atoms with E-state index < -0.39 is 0 Å². The van der Waals surface area contributed by atoms with Crippen LogP contribution < -0.4 is 0 Å². The van der Waals surface area contributed by atoms with Gasteiger partial charge in [0, 0.05) is 23.7 Å². The molecule has 3 aromatic heterocycles. The minimum Gasteiger partial charge on any atom is -0.248 e. The predicted octanol–water partition coefficient (Wildman–Crippen LogP) is 11.8. The van der Waals surface area contributed by atoms with Crippen LogP contribution in [0.2, 0.25) is 0 Å². The number of hydrogen-bond acceptors (Lipinski definition) is 6. The van der Waals surface area contributed by atoms with Crippen LogP contribution in [-0.4, -0.2) is 29.9 Å². The highest BCUT2D eigenvalue weighted by atomic mass is 14.9. The second-order valence-electron chi connectivity index (χ2n) is 18.4. The molecule has 3 aromatic carbocycles. The van der Waals surface area contributed by atoms with Gasteiger partial charge in [0.25, 0.3) is 0 Å². The average Bonchev–Trinajstić information content (AvgIpc) is 3.63. The second kappa shape index (κ2) is 11.5. The van der Waals surface area contributed by atoms with Gasteiger partial charge >= 0.3 is 0 Å². The van der Waals surface area contributed by atoms with Gasteiger partial charge in [0.1, 0.15) is 0 Å². The standard InChI is InChI=1S/C54H38N6/c1-3-9-45-43(7-1)55-49-37-23-27-13-14-28-24-38-32-17-30(28)15-29(27)16-31(37)18-33-20-35-22-36-21-34(19-32)40(52-50(38)56-44-8-2-4-10-46(44)58-52)26-42(36)54-53(41(35)25-39(33)51(49)57-45)59-47-11-5-6-12-48(47)60-54/h1-14,16-17,20-21,27,38-39,42H,15,18-19,22-26H2. The van der Waals surface area contributed by atoms with Crippen molar-refractivity contribution in [3.63, 3.8) is 0 Å². The Hall–Kier alpha value is -6.66. The Balaban J connectivity index is 1.04. The van der Waals surface area contributed by atoms with Crippen molar-refractivity contribution in [2.45, 2.75) is 69.1 Å². The normalized spacial score (nSPS) is 25.2. The molecule has 15 rings (SSSR count). The number of allylic oxidation sites excluding steroid dienone is 18. The molecule has 4 atom stereocenters. The first-order valence-corrected chi connectivity index (χ1v) is 21.8. The molecule has 4 unspecified atom stereocenters. The summed E-state index contributed by atoms with van der Waals surface area (Å²) < 4.78 is 0. The molecule has 8 bridgehead atoms. The lowest BCUT2D eigenvalue weighted by Gasteiger charge is -2.29. The van der Waals surface area contributed by atoms with Gasteiger partial charge in [0.2, 0.25) is 0 Å². The van der Waals surface area contributed by atoms with Crippen LogP contribution in [0.5, 0.6) is 0 Å². The molecule has 0 fully saturated rings. The molecule has 3 heterocycles. The minimum absolute atomic E-state index is 0.0719. The van der Waals surface area contributed by atoms with E-state index in [1.54, 1.807) is 0 Å². The summed E-state index contributed by atoms with van der Waals surface area (Å²) in [7, 11) is 0. The molecule has 0 aliphatic heterocycles. The molecule has 9 aliphatic carbocycles. The monoisotopic (exact) mass is 770 g/mol. The third-order valence-electron chi connectivity index (χ3n) is 15.2. The van der Waals surface area contributed by atoms with Gasteiger partial charge in [-0.2, -0.15) is 0 Å². The molecule has 0 radical (unpaired) electrons. The molecular weight excluding hydrogens is 733 g/mol. The third-order valence-corrected chi connectivity index (χ3v) is 15.2. The summed E-state index contributed by atoms with van der Waals surface area (Å²) in [6.45, 7) is 0. The van der Waals surface area contributed by atoms with Gasteiger partial charge in [-0.05, 0) is 132 Å². The highest BCUT2D eigenvalue weighted by Gasteiger charge is 2.43. The van der Waals surface area contributed by atoms with Crippen molar-refractivity contribution >= 4 is 49.8 Å². The highest BCUT2D eigenvalue weighted by Crippen LogP contribution is 2.58. The first kappa shape index (κ1) is 32.2. The first-order chi connectivity index (χ1) is 29.6. The fourth-order valence-electron chi connectivity index (χ4n) is 12.4. The Labute approximate surface area is 347 Å². The number of benzene rings is 3. The van der Waals surface area contributed by atoms with Crippen LogP contribution in [0.25, 0.3) is 49.8 Å². The molecular formula is C54H38N6. The number of para-hydroxylation sites is 6. The van der Waals surface area contributed by atoms with Gasteiger partial charge in [-0.15, -0.1) is 0 Å². The average molecular weight is 771 g/mol. The smallest absolute Gasteiger partial charge is 0.0894 e. The largest absolute Gasteiger partial charge is 0.248 e. The molecule has 0 saturated carbocycles. The van der Waals surface area contributed by atoms with Crippen LogP contribution in [0, 0.1) is 5.92 Å². The molecule has 9 aliphatic rings. The molecule has 60 heavy (non-hydrogen) atoms. The molecule has 6 heteroatoms. The maximum Gasteiger partial charge on any atom is 0.0894 e. The van der Waals surface area contributed by atoms with Crippen LogP contribution in [0.3, 0.4) is 0 Å². The van der Waals surface area contributed by atoms with Crippen molar-refractivity contribution in [1.82, 2.24) is 29.9 Å². The van der Waals surface area contributed by atoms with Crippen molar-refractivity contribution < 1.29 is 0 Å². The van der Waals surface area contributed by atoms with Crippen LogP contribution >= 0.6 is 0 Å². The van der Waals surface area contributed by atoms with Gasteiger partial charge in [0.15, 0.2) is 0 Å². The van der Waals surface area contributed by atoms with E-state index in [2.05, 4.69) is 109 Å². The zero-order valence-corrected chi connectivity index (χ0v) is 33.0. The van der Waals surface area contributed by atoms with E-state index in [0.29, 0.717) is 5.92 Å². The topological polar surface area (TPSA) is 77.3 Å². The van der Waals surface area contributed by atoms with Crippen molar-refractivity contribution in [2.24, 2.45) is 5.92 Å². The summed E-state index contributed by atoms with van der Waals surface area (Å²) in [4.78, 5) is 33.4. The lowest BCUT2D eigenvalue weighted by Crippen LogP contribution is -2.15. The third kappa shape index (κ3) is 4.43. The Kier molecular flexibility index (Phi) is 6.20. The van der Waals surface area contributed by atoms with Crippen molar-refractivity contribution in [3.05, 3.63) is 194 Å². The fourth-order valence-corrected chi connectivity index (χ4v) is 12.4. The van der Waals surface area contributed by atoms with Crippen molar-refractivity contribution in [1.29, 1.82) is 0 Å². The second-order valence-corrected chi connectivity index (χ2v) is 18.4. The van der Waals surface area contributed by atoms with E-state index in [1.165, 1.54) is 66.9 Å². The van der Waals surface area contributed by atoms with Crippen LogP contribution in [0.4, 0.5) is 0 Å². The maximum absolute atomic E-state index is 5.61. The Morgan fingerprint density at radius 2 is 0.717 bits per heavy atom. The lowest BCUT2D eigenvalue weighted by atomic mass is 9.75. The summed E-state index contributed by atoms with van der Waals surface area (Å²) in [5.41, 5.74) is 29.4. The molecule has 0 saturated heterocycles. The summed E-state index contributed by atoms with van der Waals surface area (Å²) in [6.07, 6.45) is 22.5. The van der Waals surface area contributed by atoms with Crippen LogP contribution in [-0.2, 0) is 0 Å². The van der Waals surface area contributed by atoms with E-state index in [4.69, 9.17) is 29.9 Å². The highest BCUT2D eigenvalue weighted by molar-refractivity contribution is 5.88. The maximum atomic E-state index is 5.61. The lowest BCUT2D eigenvalue weighted by molar-refractivity contribution is 0.716. The molecule has 6 nitrogen and oxygen atoms in total. The van der Waals surface area contributed by atoms with Crippen LogP contribution in [0.15, 0.2) is 159 Å². The zero-order valence-electron chi connectivity index (χ0n) is 33.0. The summed E-state index contributed by atoms with van der Waals surface area (Å²) in [5.74, 6) is 0.638. The summed E-state index contributed by atoms with van der Waals surface area (Å²) in [6, 6.07) is 25.3. The molecule has 0 amide bonds. The van der Waals surface area contributed by atoms with E-state index in [9.17, 15) is 0 Å². The molecule has 0 N–H and O–H groups in total. The number of hydrogen-bond donors (Lipinski definition) is 0. The minimum atomic E-state index is 0.0719. The van der Waals surface area contributed by atoms with E-state index >= 15 is 0 Å². The quantitative estimate of drug-likeness (QED) is 0.153. The Bertz CT molecular complexity index is 3400. The SMILES string of the molecule is C1=CC2CC3=C4C=C2CC2=C1CC1C(=C2)CC2=C(CC5C(=C2)CC2=C(CC(C(=C2)C4)c2nc4ccccc4nc23)c2nc3ccccc3nc25)c2nc3ccccc3nc21. The van der Waals surface area contributed by atoms with Gasteiger partial charge in [-0.3, -0.25) is 0 Å². The van der Waals surface area contributed by atoms with Gasteiger partial charge in [-0.1, -0.05) is 95.1 Å². The zero-order chi connectivity index (χ0) is 38.8.